The summed E-state index contributed by atoms with van der Waals surface area (Å²) in [6.45, 7) is 1.81. The van der Waals surface area contributed by atoms with Gasteiger partial charge in [0.05, 0.1) is 6.61 Å². The molecule has 4 heteroatoms. The molecule has 0 atom stereocenters. The molecule has 0 aliphatic rings. The summed E-state index contributed by atoms with van der Waals surface area (Å²) < 4.78 is -0.271. The molecule has 0 aliphatic heterocycles. The van der Waals surface area contributed by atoms with Crippen LogP contribution in [0.4, 0.5) is 0 Å². The van der Waals surface area contributed by atoms with Gasteiger partial charge in [-0.2, -0.15) is 0 Å². The van der Waals surface area contributed by atoms with Crippen molar-refractivity contribution in [1.82, 2.24) is 0 Å². The van der Waals surface area contributed by atoms with Crippen LogP contribution < -0.4 is 5.73 Å². The van der Waals surface area contributed by atoms with Gasteiger partial charge in [0.2, 0.25) is 0 Å². The van der Waals surface area contributed by atoms with Gasteiger partial charge in [-0.15, -0.1) is 0 Å². The number of nitrogens with two attached hydrogens (primary N) is 1. The second-order valence-electron chi connectivity index (χ2n) is 0.929. The van der Waals surface area contributed by atoms with Gasteiger partial charge in [0.25, 0.3) is 0 Å². The van der Waals surface area contributed by atoms with E-state index in [0.29, 0.717) is 6.54 Å². The van der Waals surface area contributed by atoms with Crippen LogP contribution in [0.5, 0.6) is 0 Å². The van der Waals surface area contributed by atoms with Gasteiger partial charge in [0, 0.05) is 6.54 Å². The zero-order valence-corrected chi connectivity index (χ0v) is 5.59. The molecule has 3 nitrogen and oxygen atoms in total. The monoisotopic (exact) mass is 167 g/mol. The Bertz CT molecular complexity index is 52.0. The number of aliphatic hydroxyl groups is 1. The number of aliphatic hydroxyl groups excluding tert-OH is 1. The van der Waals surface area contributed by atoms with Gasteiger partial charge in [-0.25, -0.2) is 0 Å². The molecule has 0 bridgehead atoms. The SMILES string of the molecule is C[C](=O)[Cu].NCCO. The zero-order valence-electron chi connectivity index (χ0n) is 4.65. The van der Waals surface area contributed by atoms with Gasteiger partial charge in [0.1, 0.15) is 0 Å². The standard InChI is InChI=1S/C2H7NO.C2H3O.Cu/c3-1-2-4;1-2-3;/h4H,1-3H2;1H3;. The summed E-state index contributed by atoms with van der Waals surface area (Å²) in [7, 11) is 0. The summed E-state index contributed by atoms with van der Waals surface area (Å²) in [5.74, 6) is 0. The summed E-state index contributed by atoms with van der Waals surface area (Å²) >= 11 is 4.10. The van der Waals surface area contributed by atoms with Crippen molar-refractivity contribution in [1.29, 1.82) is 0 Å². The zero-order chi connectivity index (χ0) is 6.99. The maximum atomic E-state index is 9.25. The van der Waals surface area contributed by atoms with Crippen LogP contribution in [0.1, 0.15) is 6.92 Å². The van der Waals surface area contributed by atoms with Crippen LogP contribution in [0.2, 0.25) is 0 Å². The second-order valence-corrected chi connectivity index (χ2v) is 1.59. The number of carbonyl (C=O) groups is 1. The molecule has 0 unspecified atom stereocenters. The summed E-state index contributed by atoms with van der Waals surface area (Å²) in [6.07, 6.45) is 0. The molecule has 0 fully saturated rings. The minimum Gasteiger partial charge on any atom is -0.395 e. The van der Waals surface area contributed by atoms with E-state index in [9.17, 15) is 4.79 Å². The van der Waals surface area contributed by atoms with E-state index in [2.05, 4.69) is 16.0 Å². The number of rotatable bonds is 1. The second kappa shape index (κ2) is 10.2. The van der Waals surface area contributed by atoms with Crippen molar-refractivity contribution in [2.45, 2.75) is 6.92 Å². The fraction of sp³-hybridized carbons (Fsp3) is 0.750. The fourth-order valence-corrected chi connectivity index (χ4v) is 0. The van der Waals surface area contributed by atoms with Crippen LogP contribution >= 0.6 is 0 Å². The first-order chi connectivity index (χ1) is 3.65. The van der Waals surface area contributed by atoms with Gasteiger partial charge < -0.3 is 10.8 Å². The molecule has 0 saturated heterocycles. The van der Waals surface area contributed by atoms with Gasteiger partial charge in [0.15, 0.2) is 0 Å². The molecule has 3 N–H and O–H groups in total. The number of hydrogen-bond donors (Lipinski definition) is 2. The Hall–Kier alpha value is 0.109. The van der Waals surface area contributed by atoms with E-state index in [4.69, 9.17) is 10.8 Å². The molecular weight excluding hydrogens is 158 g/mol. The van der Waals surface area contributed by atoms with Crippen LogP contribution in [-0.2, 0) is 20.8 Å². The van der Waals surface area contributed by atoms with Crippen molar-refractivity contribution in [2.24, 2.45) is 5.73 Å². The van der Waals surface area contributed by atoms with E-state index >= 15 is 0 Å². The smallest absolute Gasteiger partial charge is 0.0553 e. The summed E-state index contributed by atoms with van der Waals surface area (Å²) in [6, 6.07) is 0. The van der Waals surface area contributed by atoms with Crippen molar-refractivity contribution in [2.75, 3.05) is 13.2 Å². The summed E-state index contributed by atoms with van der Waals surface area (Å²) in [5, 5.41) is 7.75. The molecule has 0 aromatic rings. The Balaban J connectivity index is 0. The van der Waals surface area contributed by atoms with Crippen LogP contribution in [0.3, 0.4) is 0 Å². The van der Waals surface area contributed by atoms with E-state index in [-0.39, 0.29) is 11.3 Å². The van der Waals surface area contributed by atoms with Crippen molar-refractivity contribution in [3.63, 3.8) is 0 Å². The van der Waals surface area contributed by atoms with Gasteiger partial charge in [-0.05, 0) is 0 Å². The first kappa shape index (κ1) is 11.0. The Labute approximate surface area is 57.1 Å². The Morgan fingerprint density at radius 2 is 2.00 bits per heavy atom. The van der Waals surface area contributed by atoms with Crippen molar-refractivity contribution < 1.29 is 25.9 Å². The van der Waals surface area contributed by atoms with Gasteiger partial charge in [-0.3, -0.25) is 0 Å². The van der Waals surface area contributed by atoms with Crippen LogP contribution in [0.25, 0.3) is 0 Å². The Morgan fingerprint density at radius 1 is 1.88 bits per heavy atom. The topological polar surface area (TPSA) is 63.3 Å². The maximum absolute atomic E-state index is 9.25. The molecule has 0 rings (SSSR count). The Kier molecular flexibility index (Phi) is 14.0. The van der Waals surface area contributed by atoms with E-state index in [1.54, 1.807) is 0 Å². The summed E-state index contributed by atoms with van der Waals surface area (Å²) in [5.41, 5.74) is 4.78. The predicted molar refractivity (Wildman–Crippen MR) is 26.8 cm³/mol. The van der Waals surface area contributed by atoms with Crippen LogP contribution in [-0.4, -0.2) is 22.9 Å². The van der Waals surface area contributed by atoms with E-state index in [1.165, 1.54) is 6.92 Å². The van der Waals surface area contributed by atoms with E-state index in [0.717, 1.165) is 0 Å². The third kappa shape index (κ3) is 130. The normalized spacial score (nSPS) is 7.12. The van der Waals surface area contributed by atoms with E-state index in [1.807, 2.05) is 0 Å². The Morgan fingerprint density at radius 3 is 2.00 bits per heavy atom. The fourth-order valence-electron chi connectivity index (χ4n) is 0. The molecule has 0 aromatic heterocycles. The van der Waals surface area contributed by atoms with Crippen molar-refractivity contribution in [3.8, 4) is 0 Å². The number of hydrogen-bond acceptors (Lipinski definition) is 3. The van der Waals surface area contributed by atoms with Crippen molar-refractivity contribution in [3.05, 3.63) is 0 Å². The third-order valence-electron chi connectivity index (χ3n) is 0.129. The molecule has 54 valence electrons. The van der Waals surface area contributed by atoms with Crippen LogP contribution in [0.15, 0.2) is 0 Å². The van der Waals surface area contributed by atoms with Crippen LogP contribution in [0, 0.1) is 0 Å². The van der Waals surface area contributed by atoms with Gasteiger partial charge >= 0.3 is 32.4 Å². The van der Waals surface area contributed by atoms with Crippen molar-refractivity contribution >= 4 is 4.68 Å². The molecule has 8 heavy (non-hydrogen) atoms. The molecule has 0 aliphatic carbocycles. The molecule has 0 saturated carbocycles. The summed E-state index contributed by atoms with van der Waals surface area (Å²) in [4.78, 5) is 9.25. The largest absolute Gasteiger partial charge is 0.395 e. The van der Waals surface area contributed by atoms with Gasteiger partial charge in [-0.1, -0.05) is 0 Å². The number of carbonyl (C=O) groups excluding carboxylic acids is 1. The molecule has 0 aromatic carbocycles. The molecule has 0 spiro atoms. The molecule has 0 radical (unpaired) electrons. The molecule has 0 heterocycles. The first-order valence-corrected chi connectivity index (χ1v) is 2.55. The predicted octanol–water partition coefficient (Wildman–Crippen LogP) is -0.983. The van der Waals surface area contributed by atoms with E-state index < -0.39 is 0 Å². The maximum Gasteiger partial charge on any atom is 0.0553 e. The first-order valence-electron chi connectivity index (χ1n) is 2.08. The molecular formula is C4H10CuNO2. The molecule has 0 amide bonds. The minimum atomic E-state index is -0.271. The average Bonchev–Trinajstić information content (AvgIpc) is 1.65. The average molecular weight is 168 g/mol. The minimum absolute atomic E-state index is 0.0972. The quantitative estimate of drug-likeness (QED) is 0.494. The third-order valence-corrected chi connectivity index (χ3v) is 0.129.